The summed E-state index contributed by atoms with van der Waals surface area (Å²) in [5.74, 6) is -0.865. The van der Waals surface area contributed by atoms with Gasteiger partial charge >= 0.3 is 5.97 Å². The first-order valence-electron chi connectivity index (χ1n) is 6.68. The molecule has 0 aromatic heterocycles. The van der Waals surface area contributed by atoms with Crippen LogP contribution in [0.5, 0.6) is 0 Å². The topological polar surface area (TPSA) is 64.6 Å². The number of nitrogens with one attached hydrogen (secondary N) is 1. The molecular formula is C15H19NO4. The van der Waals surface area contributed by atoms with Crippen LogP contribution in [0.15, 0.2) is 30.3 Å². The van der Waals surface area contributed by atoms with E-state index in [9.17, 15) is 9.59 Å². The zero-order chi connectivity index (χ0) is 14.5. The lowest BCUT2D eigenvalue weighted by Crippen LogP contribution is -2.40. The quantitative estimate of drug-likeness (QED) is 0.846. The molecule has 3 unspecified atom stereocenters. The second-order valence-electron chi connectivity index (χ2n) is 4.85. The Morgan fingerprint density at radius 3 is 2.60 bits per heavy atom. The van der Waals surface area contributed by atoms with E-state index in [4.69, 9.17) is 9.47 Å². The van der Waals surface area contributed by atoms with Crippen LogP contribution in [0.2, 0.25) is 0 Å². The molecule has 20 heavy (non-hydrogen) atoms. The molecule has 2 rings (SSSR count). The van der Waals surface area contributed by atoms with Gasteiger partial charge in [0.15, 0.2) is 6.04 Å². The van der Waals surface area contributed by atoms with Crippen LogP contribution in [-0.4, -0.2) is 31.7 Å². The molecule has 1 aliphatic rings. The number of ether oxygens (including phenoxy) is 2. The summed E-state index contributed by atoms with van der Waals surface area (Å²) in [5.41, 5.74) is 0.708. The minimum atomic E-state index is -0.776. The van der Waals surface area contributed by atoms with Gasteiger partial charge < -0.3 is 14.8 Å². The van der Waals surface area contributed by atoms with Gasteiger partial charge in [-0.15, -0.1) is 0 Å². The van der Waals surface area contributed by atoms with Crippen LogP contribution in [-0.2, 0) is 19.1 Å². The minimum Gasteiger partial charge on any atom is -0.467 e. The van der Waals surface area contributed by atoms with Gasteiger partial charge in [0, 0.05) is 6.61 Å². The number of carbonyl (C=O) groups excluding carboxylic acids is 2. The van der Waals surface area contributed by atoms with Gasteiger partial charge in [-0.05, 0) is 18.9 Å². The number of esters is 1. The molecule has 0 bridgehead atoms. The first kappa shape index (κ1) is 14.5. The Labute approximate surface area is 118 Å². The van der Waals surface area contributed by atoms with Crippen molar-refractivity contribution in [2.24, 2.45) is 5.92 Å². The van der Waals surface area contributed by atoms with Crippen LogP contribution in [0, 0.1) is 5.92 Å². The van der Waals surface area contributed by atoms with Gasteiger partial charge in [-0.3, -0.25) is 4.79 Å². The molecule has 1 aromatic carbocycles. The van der Waals surface area contributed by atoms with Crippen LogP contribution in [0.25, 0.3) is 0 Å². The summed E-state index contributed by atoms with van der Waals surface area (Å²) >= 11 is 0. The molecule has 5 heteroatoms. The average Bonchev–Trinajstić information content (AvgIpc) is 2.91. The molecule has 1 fully saturated rings. The smallest absolute Gasteiger partial charge is 0.333 e. The standard InChI is InChI=1S/C15H19NO4/c1-10-12(8-9-20-10)14(17)16-13(15(18)19-2)11-6-4-3-5-7-11/h3-7,10,12-13H,8-9H2,1-2H3,(H,16,17). The van der Waals surface area contributed by atoms with Crippen LogP contribution in [0.4, 0.5) is 0 Å². The van der Waals surface area contributed by atoms with Crippen molar-refractivity contribution < 1.29 is 19.1 Å². The first-order valence-corrected chi connectivity index (χ1v) is 6.68. The van der Waals surface area contributed by atoms with E-state index in [0.717, 1.165) is 0 Å². The summed E-state index contributed by atoms with van der Waals surface area (Å²) in [6.07, 6.45) is 0.555. The molecule has 1 heterocycles. The van der Waals surface area contributed by atoms with Gasteiger partial charge in [0.05, 0.1) is 19.1 Å². The number of carbonyl (C=O) groups is 2. The Kier molecular flexibility index (Phi) is 4.74. The van der Waals surface area contributed by atoms with Gasteiger partial charge in [0.2, 0.25) is 5.91 Å². The monoisotopic (exact) mass is 277 g/mol. The lowest BCUT2D eigenvalue weighted by Gasteiger charge is -2.20. The van der Waals surface area contributed by atoms with Crippen molar-refractivity contribution in [3.8, 4) is 0 Å². The number of hydrogen-bond acceptors (Lipinski definition) is 4. The Hall–Kier alpha value is -1.88. The van der Waals surface area contributed by atoms with E-state index in [0.29, 0.717) is 18.6 Å². The molecule has 0 aliphatic carbocycles. The highest BCUT2D eigenvalue weighted by molar-refractivity contribution is 5.87. The highest BCUT2D eigenvalue weighted by Crippen LogP contribution is 2.22. The molecule has 1 N–H and O–H groups in total. The summed E-state index contributed by atoms with van der Waals surface area (Å²) in [6.45, 7) is 2.44. The van der Waals surface area contributed by atoms with Crippen LogP contribution in [0.3, 0.4) is 0 Å². The highest BCUT2D eigenvalue weighted by atomic mass is 16.5. The van der Waals surface area contributed by atoms with Crippen molar-refractivity contribution in [3.05, 3.63) is 35.9 Å². The zero-order valence-corrected chi connectivity index (χ0v) is 11.7. The van der Waals surface area contributed by atoms with Gasteiger partial charge in [-0.1, -0.05) is 30.3 Å². The largest absolute Gasteiger partial charge is 0.467 e. The van der Waals surface area contributed by atoms with Gasteiger partial charge in [-0.25, -0.2) is 4.79 Å². The molecule has 1 aliphatic heterocycles. The van der Waals surface area contributed by atoms with E-state index < -0.39 is 12.0 Å². The van der Waals surface area contributed by atoms with E-state index >= 15 is 0 Å². The summed E-state index contributed by atoms with van der Waals surface area (Å²) in [4.78, 5) is 24.1. The van der Waals surface area contributed by atoms with E-state index in [1.165, 1.54) is 7.11 Å². The third kappa shape index (κ3) is 3.17. The van der Waals surface area contributed by atoms with Crippen LogP contribution < -0.4 is 5.32 Å². The van der Waals surface area contributed by atoms with Gasteiger partial charge in [-0.2, -0.15) is 0 Å². The molecule has 108 valence electrons. The van der Waals surface area contributed by atoms with E-state index in [-0.39, 0.29) is 17.9 Å². The lowest BCUT2D eigenvalue weighted by atomic mass is 10.00. The maximum absolute atomic E-state index is 12.3. The van der Waals surface area contributed by atoms with Crippen molar-refractivity contribution in [3.63, 3.8) is 0 Å². The molecule has 1 amide bonds. The molecule has 1 aromatic rings. The number of amides is 1. The summed E-state index contributed by atoms with van der Waals surface area (Å²) in [5, 5.41) is 2.76. The van der Waals surface area contributed by atoms with Gasteiger partial charge in [0.25, 0.3) is 0 Å². The van der Waals surface area contributed by atoms with Crippen molar-refractivity contribution in [2.75, 3.05) is 13.7 Å². The van der Waals surface area contributed by atoms with Crippen molar-refractivity contribution in [1.29, 1.82) is 0 Å². The second kappa shape index (κ2) is 6.52. The molecule has 1 saturated heterocycles. The van der Waals surface area contributed by atoms with Crippen LogP contribution in [0.1, 0.15) is 24.9 Å². The fourth-order valence-electron chi connectivity index (χ4n) is 2.37. The van der Waals surface area contributed by atoms with E-state index in [1.807, 2.05) is 25.1 Å². The fourth-order valence-corrected chi connectivity index (χ4v) is 2.37. The lowest BCUT2D eigenvalue weighted by molar-refractivity contribution is -0.146. The van der Waals surface area contributed by atoms with Crippen LogP contribution >= 0.6 is 0 Å². The molecule has 0 spiro atoms. The van der Waals surface area contributed by atoms with Gasteiger partial charge in [0.1, 0.15) is 0 Å². The number of hydrogen-bond donors (Lipinski definition) is 1. The highest BCUT2D eigenvalue weighted by Gasteiger charge is 2.33. The van der Waals surface area contributed by atoms with Crippen molar-refractivity contribution >= 4 is 11.9 Å². The summed E-state index contributed by atoms with van der Waals surface area (Å²) in [7, 11) is 1.31. The third-order valence-corrected chi connectivity index (χ3v) is 3.57. The second-order valence-corrected chi connectivity index (χ2v) is 4.85. The average molecular weight is 277 g/mol. The number of methoxy groups -OCH3 is 1. The minimum absolute atomic E-state index is 0.121. The SMILES string of the molecule is COC(=O)C(NC(=O)C1CCOC1C)c1ccccc1. The van der Waals surface area contributed by atoms with E-state index in [2.05, 4.69) is 5.32 Å². The maximum Gasteiger partial charge on any atom is 0.333 e. The molecule has 3 atom stereocenters. The molecule has 0 saturated carbocycles. The molecular weight excluding hydrogens is 258 g/mol. The van der Waals surface area contributed by atoms with E-state index in [1.54, 1.807) is 12.1 Å². The fraction of sp³-hybridized carbons (Fsp3) is 0.467. The Morgan fingerprint density at radius 2 is 2.05 bits per heavy atom. The van der Waals surface area contributed by atoms with Crippen molar-refractivity contribution in [2.45, 2.75) is 25.5 Å². The third-order valence-electron chi connectivity index (χ3n) is 3.57. The predicted octanol–water partition coefficient (Wildman–Crippen LogP) is 1.44. The first-order chi connectivity index (χ1) is 9.63. The normalized spacial score (nSPS) is 23.1. The summed E-state index contributed by atoms with van der Waals surface area (Å²) < 4.78 is 10.2. The Bertz CT molecular complexity index is 474. The predicted molar refractivity (Wildman–Crippen MR) is 72.9 cm³/mol. The molecule has 0 radical (unpaired) electrons. The maximum atomic E-state index is 12.3. The Balaban J connectivity index is 2.12. The van der Waals surface area contributed by atoms with Crippen molar-refractivity contribution in [1.82, 2.24) is 5.32 Å². The zero-order valence-electron chi connectivity index (χ0n) is 11.7. The Morgan fingerprint density at radius 1 is 1.35 bits per heavy atom. The number of rotatable bonds is 4. The molecule has 5 nitrogen and oxygen atoms in total. The number of benzene rings is 1. The summed E-state index contributed by atoms with van der Waals surface area (Å²) in [6, 6.07) is 8.29.